The first-order chi connectivity index (χ1) is 10.1. The maximum Gasteiger partial charge on any atom is 0.257 e. The van der Waals surface area contributed by atoms with E-state index in [1.807, 2.05) is 44.4 Å². The third-order valence-corrected chi connectivity index (χ3v) is 4.11. The molecular formula is C16H20N2O2S. The van der Waals surface area contributed by atoms with E-state index < -0.39 is 0 Å². The fourth-order valence-electron chi connectivity index (χ4n) is 2.04. The van der Waals surface area contributed by atoms with E-state index in [1.165, 1.54) is 0 Å². The van der Waals surface area contributed by atoms with Crippen LogP contribution in [0.4, 0.5) is 0 Å². The van der Waals surface area contributed by atoms with E-state index in [0.717, 1.165) is 34.0 Å². The average molecular weight is 304 g/mol. The molecule has 5 heteroatoms. The van der Waals surface area contributed by atoms with Crippen LogP contribution < -0.4 is 10.1 Å². The highest BCUT2D eigenvalue weighted by molar-refractivity contribution is 7.09. The van der Waals surface area contributed by atoms with Crippen molar-refractivity contribution >= 4 is 17.2 Å². The van der Waals surface area contributed by atoms with Gasteiger partial charge in [0.15, 0.2) is 6.61 Å². The Labute approximate surface area is 129 Å². The molecule has 0 unspecified atom stereocenters. The van der Waals surface area contributed by atoms with Gasteiger partial charge in [0.1, 0.15) is 5.75 Å². The van der Waals surface area contributed by atoms with Gasteiger partial charge in [-0.15, -0.1) is 11.3 Å². The van der Waals surface area contributed by atoms with Crippen LogP contribution in [0.15, 0.2) is 23.6 Å². The smallest absolute Gasteiger partial charge is 0.257 e. The van der Waals surface area contributed by atoms with Crippen molar-refractivity contribution in [1.82, 2.24) is 10.3 Å². The van der Waals surface area contributed by atoms with Crippen LogP contribution in [0.25, 0.3) is 0 Å². The van der Waals surface area contributed by atoms with Crippen LogP contribution in [-0.2, 0) is 11.2 Å². The molecule has 21 heavy (non-hydrogen) atoms. The van der Waals surface area contributed by atoms with Crippen LogP contribution in [0.3, 0.4) is 0 Å². The van der Waals surface area contributed by atoms with Gasteiger partial charge in [0.2, 0.25) is 0 Å². The summed E-state index contributed by atoms with van der Waals surface area (Å²) in [6, 6.07) is 5.93. The van der Waals surface area contributed by atoms with E-state index in [1.54, 1.807) is 11.3 Å². The van der Waals surface area contributed by atoms with Gasteiger partial charge >= 0.3 is 0 Å². The second-order valence-electron chi connectivity index (χ2n) is 4.99. The summed E-state index contributed by atoms with van der Waals surface area (Å²) in [7, 11) is 0. The van der Waals surface area contributed by atoms with Crippen molar-refractivity contribution < 1.29 is 9.53 Å². The summed E-state index contributed by atoms with van der Waals surface area (Å²) in [6.45, 7) is 6.55. The minimum absolute atomic E-state index is 0.0442. The summed E-state index contributed by atoms with van der Waals surface area (Å²) in [5, 5.41) is 5.91. The minimum Gasteiger partial charge on any atom is -0.483 e. The molecular weight excluding hydrogens is 284 g/mol. The van der Waals surface area contributed by atoms with Crippen molar-refractivity contribution in [3.05, 3.63) is 45.4 Å². The Balaban J connectivity index is 1.75. The number of carbonyl (C=O) groups is 1. The number of aromatic nitrogens is 1. The zero-order chi connectivity index (χ0) is 15.2. The monoisotopic (exact) mass is 304 g/mol. The molecule has 0 aliphatic heterocycles. The molecule has 0 bridgehead atoms. The summed E-state index contributed by atoms with van der Waals surface area (Å²) in [4.78, 5) is 16.1. The van der Waals surface area contributed by atoms with Gasteiger partial charge in [-0.05, 0) is 31.9 Å². The third-order valence-electron chi connectivity index (χ3n) is 3.08. The van der Waals surface area contributed by atoms with Crippen LogP contribution in [0.2, 0.25) is 0 Å². The van der Waals surface area contributed by atoms with Gasteiger partial charge in [0, 0.05) is 24.0 Å². The molecule has 1 N–H and O–H groups in total. The molecule has 0 fully saturated rings. The normalized spacial score (nSPS) is 10.4. The minimum atomic E-state index is -0.106. The number of hydrogen-bond acceptors (Lipinski definition) is 4. The first kappa shape index (κ1) is 15.5. The predicted molar refractivity (Wildman–Crippen MR) is 85.0 cm³/mol. The van der Waals surface area contributed by atoms with E-state index in [-0.39, 0.29) is 12.5 Å². The molecule has 0 aliphatic carbocycles. The Morgan fingerprint density at radius 1 is 1.29 bits per heavy atom. The van der Waals surface area contributed by atoms with Crippen LogP contribution in [0, 0.1) is 20.8 Å². The Kier molecular flexibility index (Phi) is 5.33. The Bertz CT molecular complexity index is 602. The summed E-state index contributed by atoms with van der Waals surface area (Å²) >= 11 is 1.62. The van der Waals surface area contributed by atoms with Crippen molar-refractivity contribution in [3.63, 3.8) is 0 Å². The summed E-state index contributed by atoms with van der Waals surface area (Å²) in [5.41, 5.74) is 3.11. The fourth-order valence-corrected chi connectivity index (χ4v) is 2.82. The quantitative estimate of drug-likeness (QED) is 0.893. The summed E-state index contributed by atoms with van der Waals surface area (Å²) < 4.78 is 5.61. The third kappa shape index (κ3) is 4.56. The lowest BCUT2D eigenvalue weighted by Crippen LogP contribution is -2.30. The maximum absolute atomic E-state index is 11.8. The zero-order valence-corrected chi connectivity index (χ0v) is 13.4. The van der Waals surface area contributed by atoms with Crippen molar-refractivity contribution in [2.45, 2.75) is 27.2 Å². The molecule has 0 atom stereocenters. The van der Waals surface area contributed by atoms with Crippen LogP contribution >= 0.6 is 11.3 Å². The highest BCUT2D eigenvalue weighted by Gasteiger charge is 2.07. The number of thiazole rings is 1. The molecule has 1 heterocycles. The van der Waals surface area contributed by atoms with Crippen molar-refractivity contribution in [1.29, 1.82) is 0 Å². The number of rotatable bonds is 6. The molecule has 0 radical (unpaired) electrons. The number of carbonyl (C=O) groups excluding carboxylic acids is 1. The molecule has 1 aromatic carbocycles. The molecule has 0 saturated heterocycles. The van der Waals surface area contributed by atoms with Gasteiger partial charge in [-0.25, -0.2) is 4.98 Å². The van der Waals surface area contributed by atoms with E-state index in [0.29, 0.717) is 6.54 Å². The van der Waals surface area contributed by atoms with Crippen LogP contribution in [0.5, 0.6) is 5.75 Å². The lowest BCUT2D eigenvalue weighted by atomic mass is 10.1. The molecule has 1 aromatic heterocycles. The topological polar surface area (TPSA) is 51.2 Å². The highest BCUT2D eigenvalue weighted by atomic mass is 32.1. The predicted octanol–water partition coefficient (Wildman–Crippen LogP) is 2.81. The lowest BCUT2D eigenvalue weighted by Gasteiger charge is -2.11. The Hall–Kier alpha value is -1.88. The largest absolute Gasteiger partial charge is 0.483 e. The SMILES string of the molecule is Cc1csc(CCNC(=O)COc2c(C)cccc2C)n1. The van der Waals surface area contributed by atoms with Crippen LogP contribution in [0.1, 0.15) is 21.8 Å². The van der Waals surface area contributed by atoms with Crippen molar-refractivity contribution in [2.75, 3.05) is 13.2 Å². The molecule has 1 amide bonds. The number of nitrogens with zero attached hydrogens (tertiary/aromatic N) is 1. The zero-order valence-electron chi connectivity index (χ0n) is 12.6. The number of hydrogen-bond donors (Lipinski definition) is 1. The molecule has 0 aliphatic rings. The molecule has 4 nitrogen and oxygen atoms in total. The van der Waals surface area contributed by atoms with Gasteiger partial charge in [0.05, 0.1) is 5.01 Å². The molecule has 0 spiro atoms. The van der Waals surface area contributed by atoms with Crippen molar-refractivity contribution in [3.8, 4) is 5.75 Å². The maximum atomic E-state index is 11.8. The standard InChI is InChI=1S/C16H20N2O2S/c1-11-5-4-6-12(2)16(11)20-9-14(19)17-8-7-15-18-13(3)10-21-15/h4-6,10H,7-9H2,1-3H3,(H,17,19). The number of benzene rings is 1. The van der Waals surface area contributed by atoms with Gasteiger partial charge < -0.3 is 10.1 Å². The van der Waals surface area contributed by atoms with E-state index in [9.17, 15) is 4.79 Å². The first-order valence-corrected chi connectivity index (χ1v) is 7.81. The fraction of sp³-hybridized carbons (Fsp3) is 0.375. The lowest BCUT2D eigenvalue weighted by molar-refractivity contribution is -0.123. The highest BCUT2D eigenvalue weighted by Crippen LogP contribution is 2.21. The first-order valence-electron chi connectivity index (χ1n) is 6.93. The molecule has 112 valence electrons. The van der Waals surface area contributed by atoms with Gasteiger partial charge in [-0.1, -0.05) is 18.2 Å². The van der Waals surface area contributed by atoms with Gasteiger partial charge in [-0.2, -0.15) is 0 Å². The average Bonchev–Trinajstić information content (AvgIpc) is 2.84. The number of ether oxygens (including phenoxy) is 1. The number of para-hydroxylation sites is 1. The summed E-state index contributed by atoms with van der Waals surface area (Å²) in [6.07, 6.45) is 0.758. The number of nitrogens with one attached hydrogen (secondary N) is 1. The summed E-state index contributed by atoms with van der Waals surface area (Å²) in [5.74, 6) is 0.689. The molecule has 2 rings (SSSR count). The number of aryl methyl sites for hydroxylation is 3. The molecule has 0 saturated carbocycles. The second-order valence-corrected chi connectivity index (χ2v) is 5.93. The van der Waals surface area contributed by atoms with Crippen molar-refractivity contribution in [2.24, 2.45) is 0 Å². The van der Waals surface area contributed by atoms with E-state index >= 15 is 0 Å². The Morgan fingerprint density at radius 2 is 2.00 bits per heavy atom. The van der Waals surface area contributed by atoms with Gasteiger partial charge in [-0.3, -0.25) is 4.79 Å². The Morgan fingerprint density at radius 3 is 2.62 bits per heavy atom. The van der Waals surface area contributed by atoms with E-state index in [4.69, 9.17) is 4.74 Å². The second kappa shape index (κ2) is 7.22. The number of amides is 1. The molecule has 2 aromatic rings. The van der Waals surface area contributed by atoms with Crippen LogP contribution in [-0.4, -0.2) is 24.0 Å². The van der Waals surface area contributed by atoms with E-state index in [2.05, 4.69) is 10.3 Å². The van der Waals surface area contributed by atoms with Gasteiger partial charge in [0.25, 0.3) is 5.91 Å².